The number of urea groups is 1. The molecule has 0 bridgehead atoms. The molecule has 2 amide bonds. The summed E-state index contributed by atoms with van der Waals surface area (Å²) in [5.74, 6) is -1.03. The maximum atomic E-state index is 12.0. The fourth-order valence-corrected chi connectivity index (χ4v) is 1.66. The number of H-pyrrole nitrogens is 1. The molecule has 20 heavy (non-hydrogen) atoms. The molecule has 0 saturated heterocycles. The van der Waals surface area contributed by atoms with Crippen molar-refractivity contribution in [2.45, 2.75) is 6.54 Å². The molecule has 0 aliphatic rings. The number of hydrogen-bond acceptors (Lipinski definition) is 3. The molecule has 1 heterocycles. The van der Waals surface area contributed by atoms with E-state index < -0.39 is 5.97 Å². The van der Waals surface area contributed by atoms with Crippen LogP contribution < -0.4 is 5.32 Å². The van der Waals surface area contributed by atoms with E-state index in [1.165, 1.54) is 17.0 Å². The molecule has 0 radical (unpaired) electrons. The quantitative estimate of drug-likeness (QED) is 0.791. The Kier molecular flexibility index (Phi) is 3.99. The van der Waals surface area contributed by atoms with Crippen molar-refractivity contribution in [1.29, 1.82) is 0 Å². The largest absolute Gasteiger partial charge is 0.478 e. The van der Waals surface area contributed by atoms with E-state index in [1.807, 2.05) is 0 Å². The van der Waals surface area contributed by atoms with Crippen LogP contribution in [0.1, 0.15) is 15.9 Å². The van der Waals surface area contributed by atoms with E-state index >= 15 is 0 Å². The van der Waals surface area contributed by atoms with Gasteiger partial charge in [0.05, 0.1) is 18.3 Å². The third-order valence-corrected chi connectivity index (χ3v) is 2.68. The lowest BCUT2D eigenvalue weighted by Gasteiger charge is -2.17. The van der Waals surface area contributed by atoms with E-state index in [1.54, 1.807) is 31.6 Å². The van der Waals surface area contributed by atoms with E-state index in [9.17, 15) is 9.59 Å². The number of nitrogens with one attached hydrogen (secondary N) is 2. The second kappa shape index (κ2) is 5.87. The third kappa shape index (κ3) is 3.35. The van der Waals surface area contributed by atoms with E-state index in [2.05, 4.69) is 15.5 Å². The Morgan fingerprint density at radius 3 is 2.90 bits per heavy atom. The molecule has 7 heteroatoms. The predicted molar refractivity (Wildman–Crippen MR) is 72.5 cm³/mol. The van der Waals surface area contributed by atoms with E-state index in [0.717, 1.165) is 5.56 Å². The molecule has 0 unspecified atom stereocenters. The van der Waals surface area contributed by atoms with Crippen LogP contribution in [-0.2, 0) is 6.54 Å². The lowest BCUT2D eigenvalue weighted by molar-refractivity contribution is 0.0697. The number of carbonyl (C=O) groups is 2. The summed E-state index contributed by atoms with van der Waals surface area (Å²) in [6.07, 6.45) is 3.34. The van der Waals surface area contributed by atoms with Gasteiger partial charge in [-0.3, -0.25) is 5.10 Å². The van der Waals surface area contributed by atoms with Crippen LogP contribution >= 0.6 is 0 Å². The van der Waals surface area contributed by atoms with Crippen molar-refractivity contribution in [3.63, 3.8) is 0 Å². The number of aromatic carboxylic acids is 1. The Labute approximate surface area is 115 Å². The second-order valence-corrected chi connectivity index (χ2v) is 4.28. The number of hydrogen-bond donors (Lipinski definition) is 3. The predicted octanol–water partition coefficient (Wildman–Crippen LogP) is 1.77. The molecule has 2 rings (SSSR count). The van der Waals surface area contributed by atoms with Gasteiger partial charge in [-0.05, 0) is 18.2 Å². The van der Waals surface area contributed by atoms with Crippen molar-refractivity contribution in [1.82, 2.24) is 15.1 Å². The first-order chi connectivity index (χ1) is 9.56. The first-order valence-electron chi connectivity index (χ1n) is 5.89. The summed E-state index contributed by atoms with van der Waals surface area (Å²) < 4.78 is 0. The normalized spacial score (nSPS) is 10.1. The third-order valence-electron chi connectivity index (χ3n) is 2.68. The molecule has 0 aliphatic carbocycles. The highest BCUT2D eigenvalue weighted by Crippen LogP contribution is 2.12. The Hall–Kier alpha value is -2.83. The minimum Gasteiger partial charge on any atom is -0.478 e. The Morgan fingerprint density at radius 1 is 1.45 bits per heavy atom. The van der Waals surface area contributed by atoms with Crippen LogP contribution in [0.5, 0.6) is 0 Å². The monoisotopic (exact) mass is 274 g/mol. The summed E-state index contributed by atoms with van der Waals surface area (Å²) in [7, 11) is 1.64. The van der Waals surface area contributed by atoms with Crippen molar-refractivity contribution < 1.29 is 14.7 Å². The van der Waals surface area contributed by atoms with Gasteiger partial charge in [-0.25, -0.2) is 9.59 Å². The Balaban J connectivity index is 2.00. The molecule has 3 N–H and O–H groups in total. The number of amides is 2. The van der Waals surface area contributed by atoms with E-state index in [4.69, 9.17) is 5.11 Å². The number of benzene rings is 1. The smallest absolute Gasteiger partial charge is 0.335 e. The van der Waals surface area contributed by atoms with Crippen LogP contribution in [-0.4, -0.2) is 39.3 Å². The summed E-state index contributed by atoms with van der Waals surface area (Å²) in [6.45, 7) is 0.404. The number of aromatic nitrogens is 2. The van der Waals surface area contributed by atoms with Crippen molar-refractivity contribution in [3.8, 4) is 0 Å². The summed E-state index contributed by atoms with van der Waals surface area (Å²) in [5.41, 5.74) is 1.44. The molecule has 2 aromatic rings. The lowest BCUT2D eigenvalue weighted by Crippen LogP contribution is -2.30. The topological polar surface area (TPSA) is 98.3 Å². The van der Waals surface area contributed by atoms with Crippen LogP contribution in [0.2, 0.25) is 0 Å². The number of nitrogens with zero attached hydrogens (tertiary/aromatic N) is 2. The molecule has 0 atom stereocenters. The number of carboxylic acids is 1. The maximum absolute atomic E-state index is 12.0. The number of carboxylic acid groups (broad SMARTS) is 1. The molecule has 0 aliphatic heterocycles. The lowest BCUT2D eigenvalue weighted by atomic mass is 10.2. The molecule has 0 spiro atoms. The van der Waals surface area contributed by atoms with Gasteiger partial charge in [-0.15, -0.1) is 0 Å². The van der Waals surface area contributed by atoms with Crippen LogP contribution in [0.4, 0.5) is 10.5 Å². The molecule has 1 aromatic carbocycles. The Bertz CT molecular complexity index is 610. The standard InChI is InChI=1S/C13H14N4O3/c1-17(8-9-6-14-15-7-9)13(20)16-11-4-2-3-10(5-11)12(18)19/h2-7H,8H2,1H3,(H,14,15)(H,16,20)(H,18,19). The molecule has 7 nitrogen and oxygen atoms in total. The van der Waals surface area contributed by atoms with Crippen molar-refractivity contribution in [2.75, 3.05) is 12.4 Å². The number of aromatic amines is 1. The van der Waals surface area contributed by atoms with Gasteiger partial charge in [0, 0.05) is 24.5 Å². The first kappa shape index (κ1) is 13.6. The first-order valence-corrected chi connectivity index (χ1v) is 5.89. The van der Waals surface area contributed by atoms with Crippen molar-refractivity contribution in [3.05, 3.63) is 47.8 Å². The van der Waals surface area contributed by atoms with Gasteiger partial charge < -0.3 is 15.3 Å². The summed E-state index contributed by atoms with van der Waals surface area (Å²) in [6, 6.07) is 5.76. The van der Waals surface area contributed by atoms with Crippen molar-refractivity contribution in [2.24, 2.45) is 0 Å². The highest BCUT2D eigenvalue weighted by Gasteiger charge is 2.11. The van der Waals surface area contributed by atoms with Gasteiger partial charge >= 0.3 is 12.0 Å². The maximum Gasteiger partial charge on any atom is 0.335 e. The van der Waals surface area contributed by atoms with Gasteiger partial charge in [0.15, 0.2) is 0 Å². The summed E-state index contributed by atoms with van der Waals surface area (Å²) in [4.78, 5) is 24.3. The van der Waals surface area contributed by atoms with Gasteiger partial charge in [0.2, 0.25) is 0 Å². The van der Waals surface area contributed by atoms with Crippen LogP contribution in [0.3, 0.4) is 0 Å². The fourth-order valence-electron chi connectivity index (χ4n) is 1.66. The molecule has 1 aromatic heterocycles. The van der Waals surface area contributed by atoms with E-state index in [0.29, 0.717) is 12.2 Å². The van der Waals surface area contributed by atoms with E-state index in [-0.39, 0.29) is 11.6 Å². The number of carbonyl (C=O) groups excluding carboxylic acids is 1. The van der Waals surface area contributed by atoms with Crippen LogP contribution in [0.15, 0.2) is 36.7 Å². The highest BCUT2D eigenvalue weighted by atomic mass is 16.4. The minimum absolute atomic E-state index is 0.125. The van der Waals surface area contributed by atoms with Crippen LogP contribution in [0, 0.1) is 0 Å². The average Bonchev–Trinajstić information content (AvgIpc) is 2.91. The highest BCUT2D eigenvalue weighted by molar-refractivity contribution is 5.93. The van der Waals surface area contributed by atoms with Crippen LogP contribution in [0.25, 0.3) is 0 Å². The average molecular weight is 274 g/mol. The SMILES string of the molecule is CN(Cc1cn[nH]c1)C(=O)Nc1cccc(C(=O)O)c1. The van der Waals surface area contributed by atoms with Gasteiger partial charge in [0.1, 0.15) is 0 Å². The molecule has 0 saturated carbocycles. The molecule has 0 fully saturated rings. The van der Waals surface area contributed by atoms with Crippen molar-refractivity contribution >= 4 is 17.7 Å². The van der Waals surface area contributed by atoms with Gasteiger partial charge in [0.25, 0.3) is 0 Å². The number of rotatable bonds is 4. The Morgan fingerprint density at radius 2 is 2.25 bits per heavy atom. The van der Waals surface area contributed by atoms with Gasteiger partial charge in [-0.2, -0.15) is 5.10 Å². The molecule has 104 valence electrons. The zero-order valence-electron chi connectivity index (χ0n) is 10.8. The fraction of sp³-hybridized carbons (Fsp3) is 0.154. The van der Waals surface area contributed by atoms with Gasteiger partial charge in [-0.1, -0.05) is 6.07 Å². The zero-order chi connectivity index (χ0) is 14.5. The molecular weight excluding hydrogens is 260 g/mol. The summed E-state index contributed by atoms with van der Waals surface area (Å²) in [5, 5.41) is 18.0. The zero-order valence-corrected chi connectivity index (χ0v) is 10.8. The number of anilines is 1. The summed E-state index contributed by atoms with van der Waals surface area (Å²) >= 11 is 0. The second-order valence-electron chi connectivity index (χ2n) is 4.28. The molecular formula is C13H14N4O3. The minimum atomic E-state index is -1.03.